The van der Waals surface area contributed by atoms with Gasteiger partial charge in [0.25, 0.3) is 0 Å². The van der Waals surface area contributed by atoms with Crippen LogP contribution in [-0.2, 0) is 4.74 Å². The number of carbonyl (C=O) groups is 1. The van der Waals surface area contributed by atoms with Crippen molar-refractivity contribution in [1.29, 1.82) is 0 Å². The second-order valence-corrected chi connectivity index (χ2v) is 2.70. The molecule has 1 aromatic carbocycles. The number of carbonyl (C=O) groups excluding carboxylic acids is 1. The Bertz CT molecular complexity index is 363. The lowest BCUT2D eigenvalue weighted by atomic mass is 10.2. The zero-order chi connectivity index (χ0) is 11.1. The second kappa shape index (κ2) is 5.65. The van der Waals surface area contributed by atoms with Gasteiger partial charge in [-0.25, -0.2) is 4.79 Å². The Morgan fingerprint density at radius 2 is 2.00 bits per heavy atom. The average molecular weight is 204 g/mol. The maximum Gasteiger partial charge on any atom is 0.342 e. The second-order valence-electron chi connectivity index (χ2n) is 2.70. The largest absolute Gasteiger partial charge is 0.497 e. The fourth-order valence-corrected chi connectivity index (χ4v) is 0.952. The van der Waals surface area contributed by atoms with Gasteiger partial charge in [0.2, 0.25) is 0 Å². The van der Waals surface area contributed by atoms with E-state index in [1.807, 2.05) is 0 Å². The topological polar surface area (TPSA) is 35.5 Å². The lowest BCUT2D eigenvalue weighted by Crippen LogP contribution is -1.99. The number of benzene rings is 1. The molecule has 78 valence electrons. The van der Waals surface area contributed by atoms with E-state index in [9.17, 15) is 4.79 Å². The smallest absolute Gasteiger partial charge is 0.342 e. The van der Waals surface area contributed by atoms with Gasteiger partial charge in [-0.1, -0.05) is 12.7 Å². The molecule has 0 aromatic heterocycles. The minimum atomic E-state index is -0.407. The zero-order valence-corrected chi connectivity index (χ0v) is 8.47. The van der Waals surface area contributed by atoms with E-state index in [1.54, 1.807) is 37.5 Å². The highest BCUT2D eigenvalue weighted by molar-refractivity contribution is 5.89. The molecule has 3 nitrogen and oxygen atoms in total. The summed E-state index contributed by atoms with van der Waals surface area (Å²) in [6, 6.07) is 6.69. The first-order valence-corrected chi connectivity index (χ1v) is 4.40. The Balaban J connectivity index is 2.65. The van der Waals surface area contributed by atoms with E-state index < -0.39 is 5.97 Å². The van der Waals surface area contributed by atoms with Crippen LogP contribution in [0.1, 0.15) is 10.4 Å². The van der Waals surface area contributed by atoms with Crippen LogP contribution in [0.3, 0.4) is 0 Å². The van der Waals surface area contributed by atoms with Crippen molar-refractivity contribution in [3.05, 3.63) is 54.8 Å². The van der Waals surface area contributed by atoms with E-state index in [0.29, 0.717) is 11.3 Å². The van der Waals surface area contributed by atoms with Gasteiger partial charge in [0, 0.05) is 0 Å². The van der Waals surface area contributed by atoms with Gasteiger partial charge in [0.05, 0.1) is 18.9 Å². The van der Waals surface area contributed by atoms with Gasteiger partial charge in [-0.05, 0) is 30.3 Å². The molecule has 0 saturated carbocycles. The normalized spacial score (nSPS) is 9.93. The highest BCUT2D eigenvalue weighted by atomic mass is 16.5. The highest BCUT2D eigenvalue weighted by Gasteiger charge is 2.04. The molecule has 1 aromatic rings. The number of hydrogen-bond acceptors (Lipinski definition) is 3. The van der Waals surface area contributed by atoms with Gasteiger partial charge < -0.3 is 9.47 Å². The van der Waals surface area contributed by atoms with E-state index in [0.717, 1.165) is 0 Å². The molecule has 15 heavy (non-hydrogen) atoms. The molecule has 0 aliphatic heterocycles. The van der Waals surface area contributed by atoms with Crippen molar-refractivity contribution in [2.24, 2.45) is 0 Å². The van der Waals surface area contributed by atoms with Crippen molar-refractivity contribution < 1.29 is 14.3 Å². The molecule has 0 radical (unpaired) electrons. The molecule has 3 heteroatoms. The number of hydrogen-bond donors (Lipinski definition) is 0. The van der Waals surface area contributed by atoms with Crippen molar-refractivity contribution in [1.82, 2.24) is 0 Å². The van der Waals surface area contributed by atoms with Crippen LogP contribution >= 0.6 is 0 Å². The summed E-state index contributed by atoms with van der Waals surface area (Å²) in [5, 5.41) is 0. The monoisotopic (exact) mass is 204 g/mol. The Labute approximate surface area is 88.6 Å². The van der Waals surface area contributed by atoms with Crippen LogP contribution in [-0.4, -0.2) is 13.1 Å². The summed E-state index contributed by atoms with van der Waals surface area (Å²) >= 11 is 0. The molecule has 0 N–H and O–H groups in total. The summed E-state index contributed by atoms with van der Waals surface area (Å²) in [6.45, 7) is 3.46. The Kier molecular flexibility index (Phi) is 4.16. The molecule has 0 unspecified atom stereocenters. The first-order chi connectivity index (χ1) is 7.27. The Morgan fingerprint density at radius 1 is 1.33 bits per heavy atom. The van der Waals surface area contributed by atoms with Crippen molar-refractivity contribution >= 4 is 5.97 Å². The lowest BCUT2D eigenvalue weighted by molar-refractivity contribution is 0.0663. The predicted octanol–water partition coefficient (Wildman–Crippen LogP) is 2.55. The van der Waals surface area contributed by atoms with E-state index in [-0.39, 0.29) is 0 Å². The van der Waals surface area contributed by atoms with Crippen LogP contribution in [0.4, 0.5) is 0 Å². The molecule has 0 spiro atoms. The van der Waals surface area contributed by atoms with Gasteiger partial charge in [0.15, 0.2) is 0 Å². The molecule has 0 saturated heterocycles. The molecular weight excluding hydrogens is 192 g/mol. The minimum Gasteiger partial charge on any atom is -0.497 e. The third-order valence-electron chi connectivity index (χ3n) is 1.72. The summed E-state index contributed by atoms with van der Waals surface area (Å²) in [4.78, 5) is 11.4. The summed E-state index contributed by atoms with van der Waals surface area (Å²) in [5.41, 5.74) is 0.476. The third kappa shape index (κ3) is 3.31. The molecule has 0 bridgehead atoms. The van der Waals surface area contributed by atoms with Gasteiger partial charge >= 0.3 is 5.97 Å². The molecule has 0 aliphatic rings. The zero-order valence-electron chi connectivity index (χ0n) is 8.47. The lowest BCUT2D eigenvalue weighted by Gasteiger charge is -2.01. The van der Waals surface area contributed by atoms with Crippen molar-refractivity contribution in [3.63, 3.8) is 0 Å². The first kappa shape index (κ1) is 11.0. The number of methoxy groups -OCH3 is 1. The number of rotatable bonds is 4. The van der Waals surface area contributed by atoms with E-state index >= 15 is 0 Å². The standard InChI is InChI=1S/C12H12O3/c1-3-4-9-15-12(13)10-5-7-11(14-2)8-6-10/h3-9H,1H2,2H3/b9-4-. The molecule has 0 fully saturated rings. The van der Waals surface area contributed by atoms with Crippen LogP contribution < -0.4 is 4.74 Å². The first-order valence-electron chi connectivity index (χ1n) is 4.40. The van der Waals surface area contributed by atoms with Gasteiger partial charge in [-0.3, -0.25) is 0 Å². The number of allylic oxidation sites excluding steroid dienone is 2. The molecule has 0 atom stereocenters. The highest BCUT2D eigenvalue weighted by Crippen LogP contribution is 2.11. The predicted molar refractivity (Wildman–Crippen MR) is 57.7 cm³/mol. The Morgan fingerprint density at radius 3 is 2.53 bits per heavy atom. The fourth-order valence-electron chi connectivity index (χ4n) is 0.952. The molecular formula is C12H12O3. The van der Waals surface area contributed by atoms with Crippen molar-refractivity contribution in [2.45, 2.75) is 0 Å². The number of esters is 1. The molecule has 1 rings (SSSR count). The van der Waals surface area contributed by atoms with Crippen LogP contribution in [0.2, 0.25) is 0 Å². The van der Waals surface area contributed by atoms with Gasteiger partial charge in [0.1, 0.15) is 5.75 Å². The summed E-state index contributed by atoms with van der Waals surface area (Å²) in [7, 11) is 1.57. The van der Waals surface area contributed by atoms with Crippen molar-refractivity contribution in [2.75, 3.05) is 7.11 Å². The fraction of sp³-hybridized carbons (Fsp3) is 0.0833. The SMILES string of the molecule is C=C/C=C\OC(=O)c1ccc(OC)cc1. The van der Waals surface area contributed by atoms with Gasteiger partial charge in [-0.2, -0.15) is 0 Å². The average Bonchev–Trinajstić information content (AvgIpc) is 2.29. The Hall–Kier alpha value is -2.03. The third-order valence-corrected chi connectivity index (χ3v) is 1.72. The summed E-state index contributed by atoms with van der Waals surface area (Å²) in [5.74, 6) is 0.295. The summed E-state index contributed by atoms with van der Waals surface area (Å²) < 4.78 is 9.78. The quantitative estimate of drug-likeness (QED) is 0.429. The van der Waals surface area contributed by atoms with E-state index in [2.05, 4.69) is 6.58 Å². The van der Waals surface area contributed by atoms with Crippen LogP contribution in [0, 0.1) is 0 Å². The maximum atomic E-state index is 11.4. The van der Waals surface area contributed by atoms with Crippen LogP contribution in [0.25, 0.3) is 0 Å². The minimum absolute atomic E-state index is 0.407. The molecule has 0 heterocycles. The van der Waals surface area contributed by atoms with Gasteiger partial charge in [-0.15, -0.1) is 0 Å². The number of ether oxygens (including phenoxy) is 2. The molecule has 0 amide bonds. The van der Waals surface area contributed by atoms with E-state index in [4.69, 9.17) is 9.47 Å². The van der Waals surface area contributed by atoms with Crippen LogP contribution in [0.5, 0.6) is 5.75 Å². The molecule has 0 aliphatic carbocycles. The van der Waals surface area contributed by atoms with Crippen LogP contribution in [0.15, 0.2) is 49.3 Å². The van der Waals surface area contributed by atoms with Crippen molar-refractivity contribution in [3.8, 4) is 5.75 Å². The summed E-state index contributed by atoms with van der Waals surface area (Å²) in [6.07, 6.45) is 4.36. The maximum absolute atomic E-state index is 11.4. The van der Waals surface area contributed by atoms with E-state index in [1.165, 1.54) is 12.3 Å².